The van der Waals surface area contributed by atoms with Gasteiger partial charge < -0.3 is 14.6 Å². The van der Waals surface area contributed by atoms with Crippen molar-refractivity contribution >= 4 is 0 Å². The van der Waals surface area contributed by atoms with Crippen LogP contribution in [0.1, 0.15) is 27.7 Å². The van der Waals surface area contributed by atoms with Crippen molar-refractivity contribution in [3.05, 3.63) is 0 Å². The van der Waals surface area contributed by atoms with Crippen LogP contribution in [0.4, 0.5) is 0 Å². The summed E-state index contributed by atoms with van der Waals surface area (Å²) in [4.78, 5) is 0. The van der Waals surface area contributed by atoms with Gasteiger partial charge in [0.15, 0.2) is 0 Å². The van der Waals surface area contributed by atoms with E-state index in [2.05, 4.69) is 13.8 Å². The normalized spacial score (nSPS) is 16.2. The van der Waals surface area contributed by atoms with E-state index in [0.717, 1.165) is 6.61 Å². The van der Waals surface area contributed by atoms with E-state index < -0.39 is 6.10 Å². The maximum Gasteiger partial charge on any atom is 0.0781 e. The molecule has 0 saturated carbocycles. The molecule has 0 aromatic carbocycles. The highest BCUT2D eigenvalue weighted by molar-refractivity contribution is 4.51. The lowest BCUT2D eigenvalue weighted by Gasteiger charge is -2.15. The topological polar surface area (TPSA) is 38.7 Å². The molecule has 0 aliphatic heterocycles. The first-order valence-corrected chi connectivity index (χ1v) is 4.89. The standard InChI is InChI=1S/C10H22O3/c1-8(2)5-12-7-10(4)13-6-9(3)11/h8-11H,5-7H2,1-4H3/t9-,10+/m1/s1. The van der Waals surface area contributed by atoms with Gasteiger partial charge in [-0.3, -0.25) is 0 Å². The Kier molecular flexibility index (Phi) is 7.23. The summed E-state index contributed by atoms with van der Waals surface area (Å²) in [5, 5.41) is 8.95. The number of aliphatic hydroxyl groups excluding tert-OH is 1. The Morgan fingerprint density at radius 3 is 2.08 bits per heavy atom. The highest BCUT2D eigenvalue weighted by Crippen LogP contribution is 1.97. The third-order valence-corrected chi connectivity index (χ3v) is 1.43. The molecule has 1 N–H and O–H groups in total. The van der Waals surface area contributed by atoms with Gasteiger partial charge in [-0.15, -0.1) is 0 Å². The van der Waals surface area contributed by atoms with Crippen molar-refractivity contribution in [1.82, 2.24) is 0 Å². The molecule has 80 valence electrons. The van der Waals surface area contributed by atoms with Crippen LogP contribution in [0.2, 0.25) is 0 Å². The Hall–Kier alpha value is -0.120. The number of rotatable bonds is 7. The van der Waals surface area contributed by atoms with Crippen LogP contribution in [0.25, 0.3) is 0 Å². The number of aliphatic hydroxyl groups is 1. The molecule has 0 aliphatic rings. The van der Waals surface area contributed by atoms with Crippen molar-refractivity contribution in [2.24, 2.45) is 5.92 Å². The van der Waals surface area contributed by atoms with Crippen LogP contribution in [0.5, 0.6) is 0 Å². The molecule has 3 nitrogen and oxygen atoms in total. The highest BCUT2D eigenvalue weighted by Gasteiger charge is 2.04. The molecule has 0 saturated heterocycles. The predicted molar refractivity (Wildman–Crippen MR) is 52.8 cm³/mol. The minimum Gasteiger partial charge on any atom is -0.391 e. The molecule has 0 aliphatic carbocycles. The van der Waals surface area contributed by atoms with Crippen LogP contribution >= 0.6 is 0 Å². The highest BCUT2D eigenvalue weighted by atomic mass is 16.5. The summed E-state index contributed by atoms with van der Waals surface area (Å²) in [5.41, 5.74) is 0. The van der Waals surface area contributed by atoms with E-state index in [-0.39, 0.29) is 6.10 Å². The molecular formula is C10H22O3. The molecule has 0 aromatic heterocycles. The van der Waals surface area contributed by atoms with Crippen molar-refractivity contribution in [3.63, 3.8) is 0 Å². The Morgan fingerprint density at radius 2 is 1.62 bits per heavy atom. The third kappa shape index (κ3) is 9.80. The largest absolute Gasteiger partial charge is 0.391 e. The van der Waals surface area contributed by atoms with Gasteiger partial charge in [-0.1, -0.05) is 13.8 Å². The minimum atomic E-state index is -0.396. The summed E-state index contributed by atoms with van der Waals surface area (Å²) >= 11 is 0. The fraction of sp³-hybridized carbons (Fsp3) is 1.00. The second-order valence-electron chi connectivity index (χ2n) is 3.92. The van der Waals surface area contributed by atoms with Crippen molar-refractivity contribution in [2.45, 2.75) is 39.9 Å². The minimum absolute atomic E-state index is 0.0633. The Bertz CT molecular complexity index is 113. The first-order valence-electron chi connectivity index (χ1n) is 4.89. The van der Waals surface area contributed by atoms with Crippen LogP contribution < -0.4 is 0 Å². The summed E-state index contributed by atoms with van der Waals surface area (Å²) in [6.07, 6.45) is -0.333. The molecular weight excluding hydrogens is 168 g/mol. The quantitative estimate of drug-likeness (QED) is 0.660. The fourth-order valence-electron chi connectivity index (χ4n) is 0.821. The van der Waals surface area contributed by atoms with Crippen LogP contribution in [0.15, 0.2) is 0 Å². The van der Waals surface area contributed by atoms with E-state index in [1.165, 1.54) is 0 Å². The molecule has 0 radical (unpaired) electrons. The average Bonchev–Trinajstić information content (AvgIpc) is 2.00. The van der Waals surface area contributed by atoms with Crippen molar-refractivity contribution in [1.29, 1.82) is 0 Å². The molecule has 0 spiro atoms. The summed E-state index contributed by atoms with van der Waals surface area (Å²) in [6, 6.07) is 0. The molecule has 0 fully saturated rings. The summed E-state index contributed by atoms with van der Waals surface area (Å²) < 4.78 is 10.7. The van der Waals surface area contributed by atoms with Gasteiger partial charge in [-0.05, 0) is 19.8 Å². The van der Waals surface area contributed by atoms with Gasteiger partial charge >= 0.3 is 0 Å². The zero-order valence-corrected chi connectivity index (χ0v) is 9.12. The van der Waals surface area contributed by atoms with E-state index in [0.29, 0.717) is 19.1 Å². The van der Waals surface area contributed by atoms with E-state index >= 15 is 0 Å². The second kappa shape index (κ2) is 7.30. The van der Waals surface area contributed by atoms with Gasteiger partial charge in [0, 0.05) is 6.61 Å². The molecule has 0 unspecified atom stereocenters. The van der Waals surface area contributed by atoms with Crippen LogP contribution in [0.3, 0.4) is 0 Å². The zero-order valence-electron chi connectivity index (χ0n) is 9.12. The van der Waals surface area contributed by atoms with Gasteiger partial charge in [0.2, 0.25) is 0 Å². The van der Waals surface area contributed by atoms with E-state index in [1.54, 1.807) is 6.92 Å². The average molecular weight is 190 g/mol. The molecule has 0 amide bonds. The first-order chi connectivity index (χ1) is 6.02. The van der Waals surface area contributed by atoms with E-state index in [9.17, 15) is 0 Å². The first kappa shape index (κ1) is 12.9. The van der Waals surface area contributed by atoms with E-state index in [4.69, 9.17) is 14.6 Å². The van der Waals surface area contributed by atoms with Crippen molar-refractivity contribution in [2.75, 3.05) is 19.8 Å². The predicted octanol–water partition coefficient (Wildman–Crippen LogP) is 1.44. The van der Waals surface area contributed by atoms with Gasteiger partial charge in [-0.25, -0.2) is 0 Å². The molecule has 0 rings (SSSR count). The van der Waals surface area contributed by atoms with Crippen molar-refractivity contribution in [3.8, 4) is 0 Å². The van der Waals surface area contributed by atoms with Gasteiger partial charge in [0.1, 0.15) is 0 Å². The lowest BCUT2D eigenvalue weighted by Crippen LogP contribution is -2.22. The van der Waals surface area contributed by atoms with Crippen molar-refractivity contribution < 1.29 is 14.6 Å². The summed E-state index contributed by atoms with van der Waals surface area (Å²) in [6.45, 7) is 9.63. The number of hydrogen-bond donors (Lipinski definition) is 1. The lowest BCUT2D eigenvalue weighted by atomic mass is 10.2. The van der Waals surface area contributed by atoms with Crippen LogP contribution in [0, 0.1) is 5.92 Å². The van der Waals surface area contributed by atoms with Gasteiger partial charge in [-0.2, -0.15) is 0 Å². The monoisotopic (exact) mass is 190 g/mol. The fourth-order valence-corrected chi connectivity index (χ4v) is 0.821. The maximum atomic E-state index is 8.95. The molecule has 13 heavy (non-hydrogen) atoms. The molecule has 0 bridgehead atoms. The Labute approximate surface area is 81.0 Å². The molecule has 0 heterocycles. The lowest BCUT2D eigenvalue weighted by molar-refractivity contribution is -0.0402. The number of ether oxygens (including phenoxy) is 2. The van der Waals surface area contributed by atoms with Gasteiger partial charge in [0.05, 0.1) is 25.4 Å². The third-order valence-electron chi connectivity index (χ3n) is 1.43. The Morgan fingerprint density at radius 1 is 1.00 bits per heavy atom. The molecule has 0 aromatic rings. The Balaban J connectivity index is 3.25. The number of hydrogen-bond acceptors (Lipinski definition) is 3. The van der Waals surface area contributed by atoms with Crippen LogP contribution in [-0.2, 0) is 9.47 Å². The summed E-state index contributed by atoms with van der Waals surface area (Å²) in [5.74, 6) is 0.559. The summed E-state index contributed by atoms with van der Waals surface area (Å²) in [7, 11) is 0. The SMILES string of the molecule is CC(C)COC[C@H](C)OC[C@@H](C)O. The smallest absolute Gasteiger partial charge is 0.0781 e. The molecule has 2 atom stereocenters. The maximum absolute atomic E-state index is 8.95. The zero-order chi connectivity index (χ0) is 10.3. The van der Waals surface area contributed by atoms with E-state index in [1.807, 2.05) is 6.92 Å². The van der Waals surface area contributed by atoms with Crippen LogP contribution in [-0.4, -0.2) is 37.1 Å². The molecule has 3 heteroatoms. The second-order valence-corrected chi connectivity index (χ2v) is 3.92. The van der Waals surface area contributed by atoms with Gasteiger partial charge in [0.25, 0.3) is 0 Å².